The van der Waals surface area contributed by atoms with Crippen LogP contribution in [0, 0.1) is 0 Å². The number of nitrogens with zero attached hydrogens (tertiary/aromatic N) is 2. The molecule has 0 atom stereocenters. The molecule has 0 amide bonds. The maximum Gasteiger partial charge on any atom is 0.172 e. The first-order valence-electron chi connectivity index (χ1n) is 7.48. The Bertz CT molecular complexity index is 742. The molecule has 108 valence electrons. The van der Waals surface area contributed by atoms with Crippen LogP contribution in [0.5, 0.6) is 0 Å². The molecule has 2 heterocycles. The van der Waals surface area contributed by atoms with Gasteiger partial charge in [0.25, 0.3) is 0 Å². The summed E-state index contributed by atoms with van der Waals surface area (Å²) in [5, 5.41) is 13.4. The predicted octanol–water partition coefficient (Wildman–Crippen LogP) is 1.69. The fourth-order valence-electron chi connectivity index (χ4n) is 3.78. The fraction of sp³-hybridized carbons (Fsp3) is 0.438. The number of aliphatic hydroxyl groups is 1. The van der Waals surface area contributed by atoms with E-state index >= 15 is 0 Å². The van der Waals surface area contributed by atoms with Gasteiger partial charge in [0.05, 0.1) is 6.10 Å². The highest BCUT2D eigenvalue weighted by atomic mass is 16.5. The zero-order valence-corrected chi connectivity index (χ0v) is 11.7. The largest absolute Gasteiger partial charge is 0.389 e. The molecule has 1 aromatic carbocycles. The second-order valence-corrected chi connectivity index (χ2v) is 6.62. The standard InChI is InChI=1S/C16H17N3O2/c17-15-12-6-16(3-4-16)13-2-1-9(19-7-10(20)8-19)5-11(13)14(12)21-18-15/h1-2,5,10,20H,3-4,6-8H2,(H2,17,18). The molecule has 1 aromatic heterocycles. The van der Waals surface area contributed by atoms with E-state index in [-0.39, 0.29) is 11.5 Å². The average molecular weight is 283 g/mol. The molecule has 5 rings (SSSR count). The minimum Gasteiger partial charge on any atom is -0.389 e. The van der Waals surface area contributed by atoms with Gasteiger partial charge in [-0.05, 0) is 37.0 Å². The van der Waals surface area contributed by atoms with Crippen molar-refractivity contribution in [2.75, 3.05) is 23.7 Å². The lowest BCUT2D eigenvalue weighted by molar-refractivity contribution is 0.142. The number of β-amino-alcohol motifs (C(OH)–C–C–N with tert-alkyl or cyclic N) is 1. The summed E-state index contributed by atoms with van der Waals surface area (Å²) in [5.41, 5.74) is 10.9. The van der Waals surface area contributed by atoms with Crippen molar-refractivity contribution in [3.8, 4) is 11.3 Å². The summed E-state index contributed by atoms with van der Waals surface area (Å²) in [5.74, 6) is 1.37. The van der Waals surface area contributed by atoms with Crippen LogP contribution < -0.4 is 10.6 Å². The number of fused-ring (bicyclic) bond motifs is 4. The fourth-order valence-corrected chi connectivity index (χ4v) is 3.78. The molecular formula is C16H17N3O2. The highest BCUT2D eigenvalue weighted by molar-refractivity contribution is 5.78. The van der Waals surface area contributed by atoms with Gasteiger partial charge in [-0.25, -0.2) is 0 Å². The second-order valence-electron chi connectivity index (χ2n) is 6.62. The normalized spacial score (nSPS) is 21.9. The molecular weight excluding hydrogens is 266 g/mol. The molecule has 1 saturated carbocycles. The van der Waals surface area contributed by atoms with Crippen molar-refractivity contribution in [3.63, 3.8) is 0 Å². The summed E-state index contributed by atoms with van der Waals surface area (Å²) in [6.45, 7) is 1.41. The number of anilines is 2. The number of rotatable bonds is 1. The van der Waals surface area contributed by atoms with E-state index in [1.54, 1.807) is 0 Å². The zero-order chi connectivity index (χ0) is 14.2. The number of nitrogen functional groups attached to an aromatic ring is 1. The van der Waals surface area contributed by atoms with E-state index in [1.807, 2.05) is 0 Å². The maximum absolute atomic E-state index is 9.49. The Hall–Kier alpha value is -2.01. The quantitative estimate of drug-likeness (QED) is 0.833. The van der Waals surface area contributed by atoms with Crippen LogP contribution in [0.2, 0.25) is 0 Å². The van der Waals surface area contributed by atoms with Gasteiger partial charge in [0.2, 0.25) is 0 Å². The predicted molar refractivity (Wildman–Crippen MR) is 79.2 cm³/mol. The molecule has 1 spiro atoms. The second kappa shape index (κ2) is 3.60. The molecule has 0 radical (unpaired) electrons. The number of benzene rings is 1. The Morgan fingerprint density at radius 3 is 2.86 bits per heavy atom. The Balaban J connectivity index is 1.66. The van der Waals surface area contributed by atoms with Gasteiger partial charge in [0.15, 0.2) is 11.6 Å². The molecule has 3 N–H and O–H groups in total. The van der Waals surface area contributed by atoms with Gasteiger partial charge in [-0.15, -0.1) is 0 Å². The van der Waals surface area contributed by atoms with Crippen molar-refractivity contribution in [1.29, 1.82) is 0 Å². The summed E-state index contributed by atoms with van der Waals surface area (Å²) in [4.78, 5) is 2.18. The minimum absolute atomic E-state index is 0.202. The van der Waals surface area contributed by atoms with Gasteiger partial charge in [0.1, 0.15) is 0 Å². The van der Waals surface area contributed by atoms with Crippen LogP contribution in [-0.4, -0.2) is 29.5 Å². The van der Waals surface area contributed by atoms with Crippen LogP contribution in [0.25, 0.3) is 11.3 Å². The molecule has 2 aromatic rings. The number of hydrogen-bond acceptors (Lipinski definition) is 5. The van der Waals surface area contributed by atoms with Gasteiger partial charge >= 0.3 is 0 Å². The third kappa shape index (κ3) is 1.47. The number of nitrogens with two attached hydrogens (primary N) is 1. The first-order valence-corrected chi connectivity index (χ1v) is 7.48. The molecule has 1 aliphatic heterocycles. The van der Waals surface area contributed by atoms with Crippen molar-refractivity contribution in [2.24, 2.45) is 0 Å². The summed E-state index contributed by atoms with van der Waals surface area (Å²) in [6.07, 6.45) is 3.18. The topological polar surface area (TPSA) is 75.5 Å². The first kappa shape index (κ1) is 11.6. The molecule has 3 aliphatic rings. The minimum atomic E-state index is -0.202. The molecule has 5 nitrogen and oxygen atoms in total. The van der Waals surface area contributed by atoms with Gasteiger partial charge in [0, 0.05) is 35.3 Å². The van der Waals surface area contributed by atoms with Crippen LogP contribution >= 0.6 is 0 Å². The summed E-state index contributed by atoms with van der Waals surface area (Å²) < 4.78 is 5.50. The van der Waals surface area contributed by atoms with Crippen molar-refractivity contribution >= 4 is 11.5 Å². The van der Waals surface area contributed by atoms with E-state index in [4.69, 9.17) is 10.3 Å². The average Bonchev–Trinajstić information content (AvgIpc) is 3.13. The third-order valence-corrected chi connectivity index (χ3v) is 5.23. The van der Waals surface area contributed by atoms with Gasteiger partial charge in [-0.1, -0.05) is 11.2 Å². The Morgan fingerprint density at radius 2 is 2.14 bits per heavy atom. The summed E-state index contributed by atoms with van der Waals surface area (Å²) in [6, 6.07) is 6.56. The SMILES string of the molecule is Nc1noc2c1CC1(CC1)c1ccc(N3CC(O)C3)cc1-2. The van der Waals surface area contributed by atoms with E-state index in [1.165, 1.54) is 18.4 Å². The van der Waals surface area contributed by atoms with E-state index in [0.717, 1.165) is 29.0 Å². The first-order chi connectivity index (χ1) is 10.2. The van der Waals surface area contributed by atoms with Crippen LogP contribution in [0.4, 0.5) is 11.5 Å². The van der Waals surface area contributed by atoms with Crippen molar-refractivity contribution in [3.05, 3.63) is 29.3 Å². The van der Waals surface area contributed by atoms with Gasteiger partial charge in [-0.3, -0.25) is 0 Å². The van der Waals surface area contributed by atoms with Crippen molar-refractivity contribution in [2.45, 2.75) is 30.8 Å². The molecule has 1 saturated heterocycles. The highest BCUT2D eigenvalue weighted by Gasteiger charge is 2.50. The molecule has 2 fully saturated rings. The van der Waals surface area contributed by atoms with E-state index in [2.05, 4.69) is 28.3 Å². The molecule has 21 heavy (non-hydrogen) atoms. The van der Waals surface area contributed by atoms with Crippen molar-refractivity contribution < 1.29 is 9.63 Å². The molecule has 0 bridgehead atoms. The molecule has 0 unspecified atom stereocenters. The molecule has 5 heteroatoms. The Morgan fingerprint density at radius 1 is 1.33 bits per heavy atom. The van der Waals surface area contributed by atoms with Crippen molar-refractivity contribution in [1.82, 2.24) is 5.16 Å². The Kier molecular flexibility index (Phi) is 1.99. The van der Waals surface area contributed by atoms with Crippen LogP contribution in [0.3, 0.4) is 0 Å². The maximum atomic E-state index is 9.49. The third-order valence-electron chi connectivity index (χ3n) is 5.23. The van der Waals surface area contributed by atoms with E-state index < -0.39 is 0 Å². The summed E-state index contributed by atoms with van der Waals surface area (Å²) in [7, 11) is 0. The lowest BCUT2D eigenvalue weighted by Crippen LogP contribution is -2.50. The number of hydrogen-bond donors (Lipinski definition) is 2. The zero-order valence-electron chi connectivity index (χ0n) is 11.7. The van der Waals surface area contributed by atoms with Gasteiger partial charge in [-0.2, -0.15) is 0 Å². The Labute approximate surface area is 122 Å². The lowest BCUT2D eigenvalue weighted by Gasteiger charge is -2.38. The molecule has 2 aliphatic carbocycles. The highest BCUT2D eigenvalue weighted by Crippen LogP contribution is 2.58. The van der Waals surface area contributed by atoms with Gasteiger partial charge < -0.3 is 20.3 Å². The van der Waals surface area contributed by atoms with Crippen LogP contribution in [0.15, 0.2) is 22.7 Å². The van der Waals surface area contributed by atoms with Crippen LogP contribution in [0.1, 0.15) is 24.0 Å². The number of aromatic nitrogens is 1. The van der Waals surface area contributed by atoms with E-state index in [0.29, 0.717) is 18.9 Å². The monoisotopic (exact) mass is 283 g/mol. The summed E-state index contributed by atoms with van der Waals surface area (Å²) >= 11 is 0. The van der Waals surface area contributed by atoms with E-state index in [9.17, 15) is 5.11 Å². The smallest absolute Gasteiger partial charge is 0.172 e. The number of aliphatic hydroxyl groups excluding tert-OH is 1. The lowest BCUT2D eigenvalue weighted by atomic mass is 9.79. The van der Waals surface area contributed by atoms with Crippen LogP contribution in [-0.2, 0) is 11.8 Å².